The van der Waals surface area contributed by atoms with Crippen molar-refractivity contribution in [1.29, 1.82) is 0 Å². The molecule has 0 aliphatic carbocycles. The number of hydrogen-bond donors (Lipinski definition) is 1. The molecule has 4 heteroatoms. The summed E-state index contributed by atoms with van der Waals surface area (Å²) in [5.74, 6) is 0.707. The molecular weight excluding hydrogens is 442 g/mol. The third kappa shape index (κ3) is 6.48. The van der Waals surface area contributed by atoms with Crippen LogP contribution in [-0.4, -0.2) is 18.3 Å². The quantitative estimate of drug-likeness (QED) is 0.219. The van der Waals surface area contributed by atoms with Gasteiger partial charge in [-0.1, -0.05) is 78.2 Å². The maximum absolute atomic E-state index is 13.6. The summed E-state index contributed by atoms with van der Waals surface area (Å²) in [5, 5.41) is 3.53. The van der Waals surface area contributed by atoms with Crippen LogP contribution in [0.25, 0.3) is 0 Å². The average Bonchev–Trinajstić information content (AvgIpc) is 2.90. The first-order valence-electron chi connectivity index (χ1n) is 12.3. The number of carbonyl (C=O) groups is 1. The minimum absolute atomic E-state index is 0.0312. The number of rotatable bonds is 7. The maximum atomic E-state index is 13.6. The molecule has 0 aliphatic heterocycles. The van der Waals surface area contributed by atoms with Crippen molar-refractivity contribution in [3.8, 4) is 0 Å². The van der Waals surface area contributed by atoms with Gasteiger partial charge in [0.2, 0.25) is 0 Å². The fourth-order valence-corrected chi connectivity index (χ4v) is 3.93. The van der Waals surface area contributed by atoms with E-state index in [9.17, 15) is 4.79 Å². The van der Waals surface area contributed by atoms with Crippen LogP contribution in [0.5, 0.6) is 0 Å². The van der Waals surface area contributed by atoms with Crippen LogP contribution in [0.3, 0.4) is 0 Å². The molecule has 0 saturated carbocycles. The van der Waals surface area contributed by atoms with Gasteiger partial charge in [0.05, 0.1) is 5.69 Å². The number of anilines is 2. The predicted molar refractivity (Wildman–Crippen MR) is 152 cm³/mol. The van der Waals surface area contributed by atoms with E-state index in [0.717, 1.165) is 28.5 Å². The number of aliphatic imine (C=N–C) groups is 1. The highest BCUT2D eigenvalue weighted by Crippen LogP contribution is 2.23. The number of benzene rings is 4. The Kier molecular flexibility index (Phi) is 7.96. The summed E-state index contributed by atoms with van der Waals surface area (Å²) in [4.78, 5) is 20.5. The zero-order valence-corrected chi connectivity index (χ0v) is 21.4. The van der Waals surface area contributed by atoms with E-state index in [0.29, 0.717) is 12.1 Å². The first-order valence-corrected chi connectivity index (χ1v) is 12.3. The monoisotopic (exact) mass is 475 g/mol. The number of nitrogens with zero attached hydrogens (tertiary/aromatic N) is 2. The molecule has 0 aromatic heterocycles. The molecule has 182 valence electrons. The summed E-state index contributed by atoms with van der Waals surface area (Å²) in [6, 6.07) is 34.0. The molecule has 0 spiro atoms. The first kappa shape index (κ1) is 24.9. The second kappa shape index (κ2) is 11.5. The number of hydrogen-bond acceptors (Lipinski definition) is 2. The molecule has 0 radical (unpaired) electrons. The summed E-state index contributed by atoms with van der Waals surface area (Å²) < 4.78 is 0. The van der Waals surface area contributed by atoms with Crippen LogP contribution < -0.4 is 10.2 Å². The Morgan fingerprint density at radius 2 is 1.28 bits per heavy atom. The van der Waals surface area contributed by atoms with Gasteiger partial charge in [-0.2, -0.15) is 0 Å². The molecule has 0 bridgehead atoms. The lowest BCUT2D eigenvalue weighted by molar-refractivity contribution is 0.0985. The fraction of sp³-hybridized carbons (Fsp3) is 0.188. The highest BCUT2D eigenvalue weighted by molar-refractivity contribution is 6.07. The number of nitrogens with one attached hydrogen (secondary N) is 1. The van der Waals surface area contributed by atoms with E-state index in [1.807, 2.05) is 78.6 Å². The van der Waals surface area contributed by atoms with Gasteiger partial charge in [-0.25, -0.2) is 4.99 Å². The van der Waals surface area contributed by atoms with Crippen molar-refractivity contribution in [3.63, 3.8) is 0 Å². The van der Waals surface area contributed by atoms with Crippen LogP contribution in [-0.2, 0) is 0 Å². The van der Waals surface area contributed by atoms with Crippen molar-refractivity contribution >= 4 is 28.8 Å². The largest absolute Gasteiger partial charge is 0.343 e. The van der Waals surface area contributed by atoms with Gasteiger partial charge in [-0.3, -0.25) is 4.79 Å². The summed E-state index contributed by atoms with van der Waals surface area (Å²) in [7, 11) is 0. The first-order chi connectivity index (χ1) is 17.4. The molecule has 1 atom stereocenters. The van der Waals surface area contributed by atoms with E-state index >= 15 is 0 Å². The molecule has 0 unspecified atom stereocenters. The number of aryl methyl sites for hydroxylation is 3. The van der Waals surface area contributed by atoms with E-state index in [-0.39, 0.29) is 11.8 Å². The van der Waals surface area contributed by atoms with E-state index in [4.69, 9.17) is 4.99 Å². The third-order valence-corrected chi connectivity index (χ3v) is 6.14. The third-order valence-electron chi connectivity index (χ3n) is 6.14. The van der Waals surface area contributed by atoms with Crippen molar-refractivity contribution in [2.24, 2.45) is 10.9 Å². The normalized spacial score (nSPS) is 12.2. The molecule has 4 aromatic rings. The number of amides is 1. The summed E-state index contributed by atoms with van der Waals surface area (Å²) >= 11 is 0. The average molecular weight is 476 g/mol. The predicted octanol–water partition coefficient (Wildman–Crippen LogP) is 7.74. The van der Waals surface area contributed by atoms with Crippen LogP contribution in [0.15, 0.2) is 108 Å². The van der Waals surface area contributed by atoms with Crippen molar-refractivity contribution in [2.45, 2.75) is 27.7 Å². The van der Waals surface area contributed by atoms with Gasteiger partial charge < -0.3 is 10.2 Å². The molecule has 1 N–H and O–H groups in total. The van der Waals surface area contributed by atoms with Gasteiger partial charge in [0, 0.05) is 29.4 Å². The van der Waals surface area contributed by atoms with Crippen molar-refractivity contribution in [1.82, 2.24) is 0 Å². The Balaban J connectivity index is 1.68. The second-order valence-corrected chi connectivity index (χ2v) is 9.34. The van der Waals surface area contributed by atoms with Gasteiger partial charge in [0.1, 0.15) is 5.84 Å². The Hall–Kier alpha value is -4.18. The Morgan fingerprint density at radius 1 is 0.750 bits per heavy atom. The zero-order chi connectivity index (χ0) is 25.5. The zero-order valence-electron chi connectivity index (χ0n) is 21.4. The topological polar surface area (TPSA) is 44.7 Å². The number of carbonyl (C=O) groups excluding carboxylic acids is 1. The van der Waals surface area contributed by atoms with Crippen LogP contribution in [0, 0.1) is 26.7 Å². The SMILES string of the molecule is Cc1ccc(N=C(Nc2ccc(C)cc2)[C@@H](C)CN(C(=O)c2ccccc2)c2ccc(C)cc2)cc1. The molecular formula is C32H33N3O. The van der Waals surface area contributed by atoms with Gasteiger partial charge in [-0.05, 0) is 69.3 Å². The van der Waals surface area contributed by atoms with Crippen LogP contribution >= 0.6 is 0 Å². The van der Waals surface area contributed by atoms with Gasteiger partial charge >= 0.3 is 0 Å². The maximum Gasteiger partial charge on any atom is 0.258 e. The molecule has 0 fully saturated rings. The van der Waals surface area contributed by atoms with Crippen LogP contribution in [0.2, 0.25) is 0 Å². The summed E-state index contributed by atoms with van der Waals surface area (Å²) in [6.45, 7) is 8.76. The highest BCUT2D eigenvalue weighted by atomic mass is 16.2. The van der Waals surface area contributed by atoms with Crippen molar-refractivity contribution in [2.75, 3.05) is 16.8 Å². The van der Waals surface area contributed by atoms with Gasteiger partial charge in [0.25, 0.3) is 5.91 Å². The molecule has 0 aliphatic rings. The highest BCUT2D eigenvalue weighted by Gasteiger charge is 2.23. The van der Waals surface area contributed by atoms with Gasteiger partial charge in [0.15, 0.2) is 0 Å². The van der Waals surface area contributed by atoms with Gasteiger partial charge in [-0.15, -0.1) is 0 Å². The molecule has 0 heterocycles. The lowest BCUT2D eigenvalue weighted by atomic mass is 10.1. The van der Waals surface area contributed by atoms with Crippen LogP contribution in [0.4, 0.5) is 17.1 Å². The summed E-state index contributed by atoms with van der Waals surface area (Å²) in [5.41, 5.74) is 6.91. The Morgan fingerprint density at radius 3 is 1.86 bits per heavy atom. The molecule has 1 amide bonds. The Labute approximate surface area is 214 Å². The van der Waals surface area contributed by atoms with E-state index in [1.165, 1.54) is 11.1 Å². The molecule has 0 saturated heterocycles. The van der Waals surface area contributed by atoms with Crippen LogP contribution in [0.1, 0.15) is 34.0 Å². The minimum Gasteiger partial charge on any atom is -0.343 e. The second-order valence-electron chi connectivity index (χ2n) is 9.34. The molecule has 36 heavy (non-hydrogen) atoms. The molecule has 4 aromatic carbocycles. The lowest BCUT2D eigenvalue weighted by Crippen LogP contribution is -2.38. The molecule has 4 rings (SSSR count). The van der Waals surface area contributed by atoms with Crippen molar-refractivity contribution < 1.29 is 4.79 Å². The Bertz CT molecular complexity index is 1310. The number of amidine groups is 1. The summed E-state index contributed by atoms with van der Waals surface area (Å²) in [6.07, 6.45) is 0. The van der Waals surface area contributed by atoms with Crippen molar-refractivity contribution in [3.05, 3.63) is 125 Å². The van der Waals surface area contributed by atoms with E-state index in [2.05, 4.69) is 62.5 Å². The van der Waals surface area contributed by atoms with E-state index in [1.54, 1.807) is 0 Å². The standard InChI is InChI=1S/C32H33N3O/c1-23-10-16-28(17-11-23)33-31(34-29-18-12-24(2)13-19-29)26(4)22-35(30-20-14-25(3)15-21-30)32(36)27-8-6-5-7-9-27/h5-21,26H,22H2,1-4H3,(H,33,34)/t26-/m0/s1. The molecule has 4 nitrogen and oxygen atoms in total. The fourth-order valence-electron chi connectivity index (χ4n) is 3.93. The van der Waals surface area contributed by atoms with E-state index < -0.39 is 0 Å². The smallest absolute Gasteiger partial charge is 0.258 e. The lowest BCUT2D eigenvalue weighted by Gasteiger charge is -2.27. The minimum atomic E-state index is -0.0680.